The van der Waals surface area contributed by atoms with E-state index in [4.69, 9.17) is 5.11 Å². The van der Waals surface area contributed by atoms with Gasteiger partial charge in [0.05, 0.1) is 11.7 Å². The first-order valence-electron chi connectivity index (χ1n) is 6.98. The van der Waals surface area contributed by atoms with Gasteiger partial charge in [-0.05, 0) is 26.3 Å². The van der Waals surface area contributed by atoms with Crippen LogP contribution in [0.3, 0.4) is 0 Å². The maximum Gasteiger partial charge on any atom is 0.110 e. The summed E-state index contributed by atoms with van der Waals surface area (Å²) in [6.45, 7) is 7.09. The van der Waals surface area contributed by atoms with E-state index < -0.39 is 0 Å². The van der Waals surface area contributed by atoms with Crippen LogP contribution in [-0.2, 0) is 6.54 Å². The van der Waals surface area contributed by atoms with Crippen LogP contribution in [0.25, 0.3) is 0 Å². The van der Waals surface area contributed by atoms with Crippen LogP contribution in [0.1, 0.15) is 45.4 Å². The SMILES string of the molecule is CC[C@H](NCc1cc(C#CCO)cs1)c1nc(C)c(C)s1. The largest absolute Gasteiger partial charge is 0.384 e. The number of aryl methyl sites for hydroxylation is 2. The van der Waals surface area contributed by atoms with Crippen molar-refractivity contribution in [1.82, 2.24) is 10.3 Å². The summed E-state index contributed by atoms with van der Waals surface area (Å²) in [5, 5.41) is 15.5. The van der Waals surface area contributed by atoms with Crippen molar-refractivity contribution in [3.63, 3.8) is 0 Å². The van der Waals surface area contributed by atoms with E-state index in [1.165, 1.54) is 14.8 Å². The van der Waals surface area contributed by atoms with E-state index in [1.54, 1.807) is 22.7 Å². The van der Waals surface area contributed by atoms with Gasteiger partial charge in [0.15, 0.2) is 0 Å². The first-order valence-corrected chi connectivity index (χ1v) is 8.68. The van der Waals surface area contributed by atoms with Gasteiger partial charge in [0.25, 0.3) is 0 Å². The Balaban J connectivity index is 1.98. The second-order valence-electron chi connectivity index (χ2n) is 4.80. The van der Waals surface area contributed by atoms with Gasteiger partial charge in [0.1, 0.15) is 11.6 Å². The van der Waals surface area contributed by atoms with Gasteiger partial charge in [0.2, 0.25) is 0 Å². The number of aliphatic hydroxyl groups is 1. The fourth-order valence-electron chi connectivity index (χ4n) is 1.96. The lowest BCUT2D eigenvalue weighted by Gasteiger charge is -2.13. The molecule has 0 aliphatic rings. The minimum atomic E-state index is -0.0932. The number of rotatable bonds is 5. The minimum Gasteiger partial charge on any atom is -0.384 e. The van der Waals surface area contributed by atoms with Crippen molar-refractivity contribution < 1.29 is 5.11 Å². The number of aromatic nitrogens is 1. The third-order valence-corrected chi connectivity index (χ3v) is 5.36. The lowest BCUT2D eigenvalue weighted by atomic mass is 10.2. The minimum absolute atomic E-state index is 0.0932. The highest BCUT2D eigenvalue weighted by atomic mass is 32.1. The van der Waals surface area contributed by atoms with Crippen LogP contribution in [0.15, 0.2) is 11.4 Å². The molecule has 0 spiro atoms. The van der Waals surface area contributed by atoms with Crippen molar-refractivity contribution in [2.24, 2.45) is 0 Å². The average Bonchev–Trinajstić information content (AvgIpc) is 3.05. The highest BCUT2D eigenvalue weighted by molar-refractivity contribution is 7.11. The molecule has 0 aliphatic heterocycles. The van der Waals surface area contributed by atoms with Gasteiger partial charge in [-0.3, -0.25) is 0 Å². The molecule has 0 fully saturated rings. The smallest absolute Gasteiger partial charge is 0.110 e. The summed E-state index contributed by atoms with van der Waals surface area (Å²) in [5.41, 5.74) is 2.10. The molecule has 0 unspecified atom stereocenters. The molecule has 0 saturated heterocycles. The highest BCUT2D eigenvalue weighted by Crippen LogP contribution is 2.25. The zero-order chi connectivity index (χ0) is 15.2. The number of hydrogen-bond donors (Lipinski definition) is 2. The fraction of sp³-hybridized carbons (Fsp3) is 0.438. The van der Waals surface area contributed by atoms with Crippen LogP contribution >= 0.6 is 22.7 Å². The molecule has 2 aromatic heterocycles. The Morgan fingerprint density at radius 2 is 2.24 bits per heavy atom. The summed E-state index contributed by atoms with van der Waals surface area (Å²) < 4.78 is 0. The third-order valence-electron chi connectivity index (χ3n) is 3.24. The first-order chi connectivity index (χ1) is 10.1. The molecule has 2 aromatic rings. The van der Waals surface area contributed by atoms with E-state index in [2.05, 4.69) is 49.0 Å². The molecule has 0 saturated carbocycles. The number of thiazole rings is 1. The van der Waals surface area contributed by atoms with Crippen molar-refractivity contribution in [3.05, 3.63) is 37.5 Å². The predicted molar refractivity (Wildman–Crippen MR) is 89.7 cm³/mol. The van der Waals surface area contributed by atoms with Crippen LogP contribution in [0.4, 0.5) is 0 Å². The Hall–Kier alpha value is -1.19. The second-order valence-corrected chi connectivity index (χ2v) is 7.03. The number of thiophene rings is 1. The van der Waals surface area contributed by atoms with E-state index in [0.29, 0.717) is 6.04 Å². The molecule has 2 heterocycles. The predicted octanol–water partition coefficient (Wildman–Crippen LogP) is 3.41. The maximum absolute atomic E-state index is 8.70. The number of nitrogens with zero attached hydrogens (tertiary/aromatic N) is 1. The zero-order valence-electron chi connectivity index (χ0n) is 12.6. The maximum atomic E-state index is 8.70. The van der Waals surface area contributed by atoms with Crippen molar-refractivity contribution >= 4 is 22.7 Å². The van der Waals surface area contributed by atoms with Crippen LogP contribution in [-0.4, -0.2) is 16.7 Å². The third kappa shape index (κ3) is 4.39. The van der Waals surface area contributed by atoms with Crippen molar-refractivity contribution in [1.29, 1.82) is 0 Å². The first kappa shape index (κ1) is 16.2. The Bertz CT molecular complexity index is 629. The lowest BCUT2D eigenvalue weighted by molar-refractivity contribution is 0.350. The van der Waals surface area contributed by atoms with Crippen LogP contribution < -0.4 is 5.32 Å². The number of aliphatic hydroxyl groups excluding tert-OH is 1. The molecule has 2 N–H and O–H groups in total. The molecule has 5 heteroatoms. The molecule has 0 amide bonds. The fourth-order valence-corrected chi connectivity index (χ4v) is 3.81. The number of hydrogen-bond acceptors (Lipinski definition) is 5. The van der Waals surface area contributed by atoms with Gasteiger partial charge < -0.3 is 10.4 Å². The summed E-state index contributed by atoms with van der Waals surface area (Å²) in [6.07, 6.45) is 1.02. The standard InChI is InChI=1S/C16H20N2OS2/c1-4-15(16-18-11(2)12(3)21-16)17-9-14-8-13(10-20-14)6-5-7-19/h8,10,15,17,19H,4,7,9H2,1-3H3/t15-/m0/s1. The van der Waals surface area contributed by atoms with E-state index in [9.17, 15) is 0 Å². The molecule has 2 rings (SSSR count). The number of nitrogens with one attached hydrogen (secondary N) is 1. The Morgan fingerprint density at radius 1 is 1.43 bits per heavy atom. The van der Waals surface area contributed by atoms with Crippen LogP contribution in [0.2, 0.25) is 0 Å². The van der Waals surface area contributed by atoms with Gasteiger partial charge in [-0.15, -0.1) is 22.7 Å². The summed E-state index contributed by atoms with van der Waals surface area (Å²) in [4.78, 5) is 7.19. The molecule has 3 nitrogen and oxygen atoms in total. The van der Waals surface area contributed by atoms with Gasteiger partial charge in [-0.2, -0.15) is 0 Å². The quantitative estimate of drug-likeness (QED) is 0.830. The summed E-state index contributed by atoms with van der Waals surface area (Å²) in [7, 11) is 0. The molecule has 21 heavy (non-hydrogen) atoms. The molecule has 0 radical (unpaired) electrons. The van der Waals surface area contributed by atoms with Crippen molar-refractivity contribution in [3.8, 4) is 11.8 Å². The van der Waals surface area contributed by atoms with Crippen LogP contribution in [0, 0.1) is 25.7 Å². The van der Waals surface area contributed by atoms with E-state index in [0.717, 1.165) is 24.2 Å². The summed E-state index contributed by atoms with van der Waals surface area (Å²) in [6, 6.07) is 2.38. The highest BCUT2D eigenvalue weighted by Gasteiger charge is 2.14. The van der Waals surface area contributed by atoms with Gasteiger partial charge in [-0.1, -0.05) is 18.8 Å². The Morgan fingerprint density at radius 3 is 2.86 bits per heavy atom. The molecule has 0 aliphatic carbocycles. The average molecular weight is 320 g/mol. The van der Waals surface area contributed by atoms with Crippen molar-refractivity contribution in [2.75, 3.05) is 6.61 Å². The lowest BCUT2D eigenvalue weighted by Crippen LogP contribution is -2.19. The summed E-state index contributed by atoms with van der Waals surface area (Å²) in [5.74, 6) is 5.60. The topological polar surface area (TPSA) is 45.1 Å². The van der Waals surface area contributed by atoms with E-state index >= 15 is 0 Å². The molecular weight excluding hydrogens is 300 g/mol. The van der Waals surface area contributed by atoms with Gasteiger partial charge in [-0.25, -0.2) is 4.98 Å². The second kappa shape index (κ2) is 7.71. The van der Waals surface area contributed by atoms with Crippen molar-refractivity contribution in [2.45, 2.75) is 39.8 Å². The van der Waals surface area contributed by atoms with E-state index in [-0.39, 0.29) is 6.61 Å². The molecule has 112 valence electrons. The molecular formula is C16H20N2OS2. The van der Waals surface area contributed by atoms with Gasteiger partial charge >= 0.3 is 0 Å². The molecule has 0 aromatic carbocycles. The zero-order valence-corrected chi connectivity index (χ0v) is 14.2. The van der Waals surface area contributed by atoms with Gasteiger partial charge in [0, 0.05) is 27.2 Å². The van der Waals surface area contributed by atoms with Crippen LogP contribution in [0.5, 0.6) is 0 Å². The molecule has 1 atom stereocenters. The normalized spacial score (nSPS) is 12.0. The Kier molecular flexibility index (Phi) is 5.95. The molecule has 0 bridgehead atoms. The monoisotopic (exact) mass is 320 g/mol. The van der Waals surface area contributed by atoms with E-state index in [1.807, 2.05) is 5.38 Å². The Labute approximate surface area is 134 Å². The summed E-state index contributed by atoms with van der Waals surface area (Å²) >= 11 is 3.47.